The second-order valence-electron chi connectivity index (χ2n) is 3.46. The number of aliphatic carboxylic acids is 1. The highest BCUT2D eigenvalue weighted by molar-refractivity contribution is 5.97. The van der Waals surface area contributed by atoms with Crippen molar-refractivity contribution in [3.63, 3.8) is 0 Å². The third-order valence-corrected chi connectivity index (χ3v) is 2.80. The fraction of sp³-hybridized carbons (Fsp3) is 0.556. The lowest BCUT2D eigenvalue weighted by atomic mass is 9.91. The van der Waals surface area contributed by atoms with Crippen LogP contribution in [0.3, 0.4) is 0 Å². The van der Waals surface area contributed by atoms with Crippen molar-refractivity contribution in [2.45, 2.75) is 25.8 Å². The number of nitrogens with zero attached hydrogens (tertiary/aromatic N) is 1. The summed E-state index contributed by atoms with van der Waals surface area (Å²) in [5.74, 6) is -0.813. The summed E-state index contributed by atoms with van der Waals surface area (Å²) in [5.41, 5.74) is 0.174. The van der Waals surface area contributed by atoms with E-state index in [1.807, 2.05) is 6.92 Å². The first-order valence-corrected chi connectivity index (χ1v) is 4.42. The van der Waals surface area contributed by atoms with Gasteiger partial charge in [-0.15, -0.1) is 0 Å². The number of carboxylic acid groups (broad SMARTS) is 1. The quantitative estimate of drug-likeness (QED) is 0.634. The molecule has 2 atom stereocenters. The predicted molar refractivity (Wildman–Crippen MR) is 44.8 cm³/mol. The molecule has 2 aliphatic heterocycles. The van der Waals surface area contributed by atoms with Crippen molar-refractivity contribution < 1.29 is 14.7 Å². The first kappa shape index (κ1) is 8.29. The van der Waals surface area contributed by atoms with Gasteiger partial charge >= 0.3 is 5.97 Å². The Hall–Kier alpha value is -1.32. The molecule has 1 unspecified atom stereocenters. The number of carbonyl (C=O) groups is 2. The van der Waals surface area contributed by atoms with E-state index < -0.39 is 5.97 Å². The Kier molecular flexibility index (Phi) is 1.65. The SMILES string of the molecule is CCC1C=C(C(=O)O)N2C(=O)C[C@@H]12. The van der Waals surface area contributed by atoms with Crippen LogP contribution in [0.5, 0.6) is 0 Å². The molecule has 0 saturated carbocycles. The number of rotatable bonds is 2. The minimum atomic E-state index is -0.992. The number of hydrogen-bond donors (Lipinski definition) is 1. The topological polar surface area (TPSA) is 57.6 Å². The smallest absolute Gasteiger partial charge is 0.352 e. The summed E-state index contributed by atoms with van der Waals surface area (Å²) in [7, 11) is 0. The minimum absolute atomic E-state index is 0.0606. The molecule has 13 heavy (non-hydrogen) atoms. The molecule has 2 heterocycles. The van der Waals surface area contributed by atoms with E-state index in [2.05, 4.69) is 0 Å². The molecular weight excluding hydrogens is 170 g/mol. The summed E-state index contributed by atoms with van der Waals surface area (Å²) in [4.78, 5) is 23.3. The summed E-state index contributed by atoms with van der Waals surface area (Å²) >= 11 is 0. The normalized spacial score (nSPS) is 31.0. The molecule has 2 rings (SSSR count). The summed E-state index contributed by atoms with van der Waals surface area (Å²) in [5, 5.41) is 8.80. The zero-order valence-corrected chi connectivity index (χ0v) is 7.36. The van der Waals surface area contributed by atoms with E-state index in [1.165, 1.54) is 4.90 Å². The standard InChI is InChI=1S/C9H11NO3/c1-2-5-3-7(9(12)13)10-6(5)4-8(10)11/h3,5-6H,2,4H2,1H3,(H,12,13)/t5?,6-/m0/s1. The van der Waals surface area contributed by atoms with Gasteiger partial charge in [-0.3, -0.25) is 4.79 Å². The lowest BCUT2D eigenvalue weighted by molar-refractivity contribution is -0.148. The van der Waals surface area contributed by atoms with Gasteiger partial charge in [0.05, 0.1) is 6.04 Å². The van der Waals surface area contributed by atoms with E-state index in [4.69, 9.17) is 5.11 Å². The molecule has 4 nitrogen and oxygen atoms in total. The van der Waals surface area contributed by atoms with Crippen LogP contribution in [0.1, 0.15) is 19.8 Å². The monoisotopic (exact) mass is 181 g/mol. The number of carbonyl (C=O) groups excluding carboxylic acids is 1. The zero-order chi connectivity index (χ0) is 9.59. The lowest BCUT2D eigenvalue weighted by Gasteiger charge is -2.38. The van der Waals surface area contributed by atoms with Gasteiger partial charge in [0.25, 0.3) is 0 Å². The third-order valence-electron chi connectivity index (χ3n) is 2.80. The van der Waals surface area contributed by atoms with Gasteiger partial charge in [0.1, 0.15) is 5.70 Å². The minimum Gasteiger partial charge on any atom is -0.477 e. The summed E-state index contributed by atoms with van der Waals surface area (Å²) in [6.45, 7) is 2.01. The summed E-state index contributed by atoms with van der Waals surface area (Å²) in [6.07, 6.45) is 3.11. The molecule has 1 amide bonds. The van der Waals surface area contributed by atoms with Gasteiger partial charge in [-0.2, -0.15) is 0 Å². The van der Waals surface area contributed by atoms with Crippen LogP contribution in [0.2, 0.25) is 0 Å². The van der Waals surface area contributed by atoms with Gasteiger partial charge in [0.2, 0.25) is 5.91 Å². The molecule has 0 aromatic carbocycles. The number of β-lactam (4-membered cyclic amide) rings is 1. The van der Waals surface area contributed by atoms with Crippen LogP contribution in [0, 0.1) is 5.92 Å². The van der Waals surface area contributed by atoms with E-state index in [0.29, 0.717) is 6.42 Å². The summed E-state index contributed by atoms with van der Waals surface area (Å²) in [6, 6.07) is 0.128. The maximum atomic E-state index is 11.1. The van der Waals surface area contributed by atoms with Crippen molar-refractivity contribution in [2.24, 2.45) is 5.92 Å². The Morgan fingerprint density at radius 3 is 2.85 bits per heavy atom. The number of fused-ring (bicyclic) bond motifs is 1. The van der Waals surface area contributed by atoms with Gasteiger partial charge in [-0.25, -0.2) is 4.79 Å². The van der Waals surface area contributed by atoms with Crippen LogP contribution in [0.25, 0.3) is 0 Å². The Morgan fingerprint density at radius 2 is 2.46 bits per heavy atom. The van der Waals surface area contributed by atoms with E-state index in [9.17, 15) is 9.59 Å². The Morgan fingerprint density at radius 1 is 1.77 bits per heavy atom. The third kappa shape index (κ3) is 0.978. The highest BCUT2D eigenvalue weighted by Crippen LogP contribution is 2.39. The van der Waals surface area contributed by atoms with Crippen molar-refractivity contribution in [1.82, 2.24) is 4.90 Å². The largest absolute Gasteiger partial charge is 0.477 e. The number of hydrogen-bond acceptors (Lipinski definition) is 2. The van der Waals surface area contributed by atoms with Crippen molar-refractivity contribution in [1.29, 1.82) is 0 Å². The highest BCUT2D eigenvalue weighted by Gasteiger charge is 2.48. The van der Waals surface area contributed by atoms with Crippen molar-refractivity contribution in [3.8, 4) is 0 Å². The van der Waals surface area contributed by atoms with Crippen molar-refractivity contribution >= 4 is 11.9 Å². The van der Waals surface area contributed by atoms with Crippen LogP contribution in [-0.2, 0) is 9.59 Å². The maximum Gasteiger partial charge on any atom is 0.352 e. The van der Waals surface area contributed by atoms with Crippen LogP contribution < -0.4 is 0 Å². The molecule has 0 aromatic rings. The first-order valence-electron chi connectivity index (χ1n) is 4.42. The van der Waals surface area contributed by atoms with Gasteiger partial charge in [-0.1, -0.05) is 6.92 Å². The summed E-state index contributed by atoms with van der Waals surface area (Å²) < 4.78 is 0. The molecule has 4 heteroatoms. The second kappa shape index (κ2) is 2.58. The average Bonchev–Trinajstić information content (AvgIpc) is 2.37. The molecule has 2 aliphatic rings. The Balaban J connectivity index is 2.26. The molecule has 1 fully saturated rings. The van der Waals surface area contributed by atoms with Gasteiger partial charge in [0, 0.05) is 12.3 Å². The fourth-order valence-electron chi connectivity index (χ4n) is 2.06. The Labute approximate surface area is 75.8 Å². The van der Waals surface area contributed by atoms with Crippen LogP contribution in [0.4, 0.5) is 0 Å². The Bertz CT molecular complexity index is 308. The van der Waals surface area contributed by atoms with E-state index in [0.717, 1.165) is 6.42 Å². The first-order chi connectivity index (χ1) is 6.15. The van der Waals surface area contributed by atoms with E-state index >= 15 is 0 Å². The molecule has 70 valence electrons. The molecule has 1 N–H and O–H groups in total. The van der Waals surface area contributed by atoms with Crippen LogP contribution in [0.15, 0.2) is 11.8 Å². The van der Waals surface area contributed by atoms with Crippen LogP contribution in [-0.4, -0.2) is 27.9 Å². The molecule has 0 aliphatic carbocycles. The van der Waals surface area contributed by atoms with Crippen molar-refractivity contribution in [3.05, 3.63) is 11.8 Å². The van der Waals surface area contributed by atoms with E-state index in [1.54, 1.807) is 6.08 Å². The van der Waals surface area contributed by atoms with Crippen molar-refractivity contribution in [2.75, 3.05) is 0 Å². The molecule has 1 saturated heterocycles. The van der Waals surface area contributed by atoms with Gasteiger partial charge in [0.15, 0.2) is 0 Å². The van der Waals surface area contributed by atoms with Gasteiger partial charge in [-0.05, 0) is 12.5 Å². The molecule has 0 radical (unpaired) electrons. The second-order valence-corrected chi connectivity index (χ2v) is 3.46. The highest BCUT2D eigenvalue weighted by atomic mass is 16.4. The molecule has 0 bridgehead atoms. The predicted octanol–water partition coefficient (Wildman–Crippen LogP) is 0.596. The van der Waals surface area contributed by atoms with Crippen LogP contribution >= 0.6 is 0 Å². The number of amides is 1. The molecule has 0 spiro atoms. The fourth-order valence-corrected chi connectivity index (χ4v) is 2.06. The lowest BCUT2D eigenvalue weighted by Crippen LogP contribution is -2.52. The average molecular weight is 181 g/mol. The van der Waals surface area contributed by atoms with E-state index in [-0.39, 0.29) is 23.6 Å². The molecule has 0 aromatic heterocycles. The maximum absolute atomic E-state index is 11.1. The zero-order valence-electron chi connectivity index (χ0n) is 7.36. The van der Waals surface area contributed by atoms with Gasteiger partial charge < -0.3 is 10.0 Å². The number of carboxylic acids is 1. The molecular formula is C9H11NO3.